The molecule has 3 aromatic heterocycles. The van der Waals surface area contributed by atoms with E-state index < -0.39 is 4.92 Å². The van der Waals surface area contributed by atoms with Crippen LogP contribution in [0.5, 0.6) is 0 Å². The van der Waals surface area contributed by atoms with Gasteiger partial charge in [0.15, 0.2) is 0 Å². The number of hydrogen-bond acceptors (Lipinski definition) is 6. The van der Waals surface area contributed by atoms with Gasteiger partial charge in [0.25, 0.3) is 5.69 Å². The lowest BCUT2D eigenvalue weighted by molar-refractivity contribution is -0.384. The average Bonchev–Trinajstić information content (AvgIpc) is 3.38. The lowest BCUT2D eigenvalue weighted by Gasteiger charge is -2.12. The topological polar surface area (TPSA) is 129 Å². The number of benzene rings is 1. The number of hydrogen-bond donors (Lipinski definition) is 2. The van der Waals surface area contributed by atoms with Gasteiger partial charge in [-0.05, 0) is 18.9 Å². The fraction of sp³-hybridized carbons (Fsp3) is 0.278. The molecule has 0 spiro atoms. The summed E-state index contributed by atoms with van der Waals surface area (Å²) in [4.78, 5) is 27.0. The molecule has 0 atom stereocenters. The van der Waals surface area contributed by atoms with E-state index in [0.29, 0.717) is 28.7 Å². The summed E-state index contributed by atoms with van der Waals surface area (Å²) < 4.78 is 2.17. The standard InChI is InChI=1S/C18H17N7O2/c19-16-15-12(8-24(10-3-1-2-4-10)18(15)21-9-20-16)17-22-13-6-5-11(25(26)27)7-14(13)23-17/h5-10H,1-4H2,(H,22,23)(H2,19,20,21). The Balaban J connectivity index is 1.72. The average molecular weight is 363 g/mol. The number of non-ortho nitro benzene ring substituents is 1. The van der Waals surface area contributed by atoms with Crippen LogP contribution < -0.4 is 5.73 Å². The molecule has 0 bridgehead atoms. The highest BCUT2D eigenvalue weighted by Crippen LogP contribution is 2.38. The van der Waals surface area contributed by atoms with Crippen molar-refractivity contribution < 1.29 is 4.92 Å². The predicted octanol–water partition coefficient (Wildman–Crippen LogP) is 3.58. The van der Waals surface area contributed by atoms with Crippen LogP contribution >= 0.6 is 0 Å². The molecule has 1 aliphatic carbocycles. The van der Waals surface area contributed by atoms with Crippen molar-refractivity contribution in [2.45, 2.75) is 31.7 Å². The molecule has 5 rings (SSSR count). The Kier molecular flexibility index (Phi) is 3.36. The number of nitro groups is 1. The highest BCUT2D eigenvalue weighted by Gasteiger charge is 2.24. The van der Waals surface area contributed by atoms with Gasteiger partial charge in [0.2, 0.25) is 0 Å². The molecule has 0 radical (unpaired) electrons. The third-order valence-corrected chi connectivity index (χ3v) is 5.29. The van der Waals surface area contributed by atoms with E-state index in [1.165, 1.54) is 31.3 Å². The van der Waals surface area contributed by atoms with Gasteiger partial charge in [0, 0.05) is 29.9 Å². The number of fused-ring (bicyclic) bond motifs is 2. The zero-order valence-corrected chi connectivity index (χ0v) is 14.4. The van der Waals surface area contributed by atoms with Crippen LogP contribution in [0.2, 0.25) is 0 Å². The van der Waals surface area contributed by atoms with Gasteiger partial charge in [-0.15, -0.1) is 0 Å². The summed E-state index contributed by atoms with van der Waals surface area (Å²) in [7, 11) is 0. The molecule has 3 N–H and O–H groups in total. The van der Waals surface area contributed by atoms with Crippen molar-refractivity contribution in [1.82, 2.24) is 24.5 Å². The van der Waals surface area contributed by atoms with Crippen LogP contribution in [-0.2, 0) is 0 Å². The molecule has 1 fully saturated rings. The molecule has 27 heavy (non-hydrogen) atoms. The van der Waals surface area contributed by atoms with Gasteiger partial charge in [-0.2, -0.15) is 0 Å². The van der Waals surface area contributed by atoms with Crippen molar-refractivity contribution in [3.8, 4) is 11.4 Å². The minimum Gasteiger partial charge on any atom is -0.383 e. The maximum Gasteiger partial charge on any atom is 0.271 e. The van der Waals surface area contributed by atoms with Gasteiger partial charge < -0.3 is 15.3 Å². The first-order valence-electron chi connectivity index (χ1n) is 8.87. The summed E-state index contributed by atoms with van der Waals surface area (Å²) in [6, 6.07) is 4.97. The Morgan fingerprint density at radius 3 is 2.85 bits per heavy atom. The van der Waals surface area contributed by atoms with Crippen LogP contribution in [-0.4, -0.2) is 29.4 Å². The highest BCUT2D eigenvalue weighted by molar-refractivity contribution is 6.00. The fourth-order valence-electron chi connectivity index (χ4n) is 3.99. The summed E-state index contributed by atoms with van der Waals surface area (Å²) in [5.41, 5.74) is 9.07. The van der Waals surface area contributed by atoms with Crippen LogP contribution in [0.25, 0.3) is 33.5 Å². The summed E-state index contributed by atoms with van der Waals surface area (Å²) in [6.07, 6.45) is 8.13. The second kappa shape index (κ2) is 5.76. The molecule has 0 saturated heterocycles. The Bertz CT molecular complexity index is 1190. The first-order chi connectivity index (χ1) is 13.1. The predicted molar refractivity (Wildman–Crippen MR) is 101 cm³/mol. The number of H-pyrrole nitrogens is 1. The van der Waals surface area contributed by atoms with Crippen LogP contribution in [0.1, 0.15) is 31.7 Å². The number of nitrogens with one attached hydrogen (secondary N) is 1. The molecule has 1 aliphatic rings. The number of anilines is 1. The molecule has 1 aromatic carbocycles. The van der Waals surface area contributed by atoms with Crippen molar-refractivity contribution in [2.75, 3.05) is 5.73 Å². The van der Waals surface area contributed by atoms with E-state index >= 15 is 0 Å². The van der Waals surface area contributed by atoms with Crippen molar-refractivity contribution in [3.63, 3.8) is 0 Å². The quantitative estimate of drug-likeness (QED) is 0.423. The van der Waals surface area contributed by atoms with Crippen LogP contribution in [0, 0.1) is 10.1 Å². The molecular weight excluding hydrogens is 346 g/mol. The van der Waals surface area contributed by atoms with Gasteiger partial charge in [0.1, 0.15) is 23.6 Å². The Morgan fingerprint density at radius 2 is 2.07 bits per heavy atom. The van der Waals surface area contributed by atoms with Crippen LogP contribution in [0.4, 0.5) is 11.5 Å². The zero-order chi connectivity index (χ0) is 18.5. The number of nitrogen functional groups attached to an aromatic ring is 1. The van der Waals surface area contributed by atoms with Crippen LogP contribution in [0.3, 0.4) is 0 Å². The highest BCUT2D eigenvalue weighted by atomic mass is 16.6. The number of nitrogens with zero attached hydrogens (tertiary/aromatic N) is 5. The Morgan fingerprint density at radius 1 is 1.26 bits per heavy atom. The maximum atomic E-state index is 11.0. The first-order valence-corrected chi connectivity index (χ1v) is 8.87. The van der Waals surface area contributed by atoms with Gasteiger partial charge in [-0.3, -0.25) is 10.1 Å². The lowest BCUT2D eigenvalue weighted by Crippen LogP contribution is -2.04. The van der Waals surface area contributed by atoms with Gasteiger partial charge >= 0.3 is 0 Å². The zero-order valence-electron chi connectivity index (χ0n) is 14.4. The van der Waals surface area contributed by atoms with E-state index in [1.54, 1.807) is 6.07 Å². The fourth-order valence-corrected chi connectivity index (χ4v) is 3.99. The number of nitrogens with two attached hydrogens (primary N) is 1. The third kappa shape index (κ3) is 2.42. The number of aromatic nitrogens is 5. The SMILES string of the molecule is Nc1ncnc2c1c(-c1nc3ccc([N+](=O)[O-])cc3[nH]1)cn2C1CCCC1. The molecule has 9 nitrogen and oxygen atoms in total. The molecule has 3 heterocycles. The minimum atomic E-state index is -0.419. The normalized spacial score (nSPS) is 15.1. The van der Waals surface area contributed by atoms with Crippen molar-refractivity contribution >= 4 is 33.6 Å². The number of imidazole rings is 1. The summed E-state index contributed by atoms with van der Waals surface area (Å²) in [6.45, 7) is 0. The van der Waals surface area contributed by atoms with E-state index in [0.717, 1.165) is 29.4 Å². The van der Waals surface area contributed by atoms with E-state index in [9.17, 15) is 10.1 Å². The molecule has 0 aliphatic heterocycles. The largest absolute Gasteiger partial charge is 0.383 e. The lowest BCUT2D eigenvalue weighted by atomic mass is 10.2. The molecule has 0 amide bonds. The van der Waals surface area contributed by atoms with Gasteiger partial charge in [-0.25, -0.2) is 15.0 Å². The van der Waals surface area contributed by atoms with Gasteiger partial charge in [0.05, 0.1) is 21.3 Å². The van der Waals surface area contributed by atoms with Crippen molar-refractivity contribution in [3.05, 3.63) is 40.8 Å². The summed E-state index contributed by atoms with van der Waals surface area (Å²) in [5, 5.41) is 11.8. The molecular formula is C18H17N7O2. The number of nitro benzene ring substituents is 1. The monoisotopic (exact) mass is 363 g/mol. The summed E-state index contributed by atoms with van der Waals surface area (Å²) >= 11 is 0. The maximum absolute atomic E-state index is 11.0. The van der Waals surface area contributed by atoms with E-state index in [1.807, 2.05) is 6.20 Å². The van der Waals surface area contributed by atoms with Crippen LogP contribution in [0.15, 0.2) is 30.7 Å². The van der Waals surface area contributed by atoms with E-state index in [4.69, 9.17) is 5.73 Å². The summed E-state index contributed by atoms with van der Waals surface area (Å²) in [5.74, 6) is 1.01. The second-order valence-electron chi connectivity index (χ2n) is 6.89. The molecule has 9 heteroatoms. The molecule has 4 aromatic rings. The Hall–Kier alpha value is -3.49. The number of rotatable bonds is 3. The van der Waals surface area contributed by atoms with Crippen molar-refractivity contribution in [2.24, 2.45) is 0 Å². The van der Waals surface area contributed by atoms with Gasteiger partial charge in [-0.1, -0.05) is 12.8 Å². The van der Waals surface area contributed by atoms with E-state index in [-0.39, 0.29) is 5.69 Å². The van der Waals surface area contributed by atoms with E-state index in [2.05, 4.69) is 24.5 Å². The molecule has 1 saturated carbocycles. The number of aromatic amines is 1. The third-order valence-electron chi connectivity index (χ3n) is 5.29. The second-order valence-corrected chi connectivity index (χ2v) is 6.89. The minimum absolute atomic E-state index is 0.0222. The first kappa shape index (κ1) is 15.7. The van der Waals surface area contributed by atoms with Crippen molar-refractivity contribution in [1.29, 1.82) is 0 Å². The Labute approximate surface area is 153 Å². The smallest absolute Gasteiger partial charge is 0.271 e. The molecule has 136 valence electrons. The molecule has 0 unspecified atom stereocenters.